The largest absolute Gasteiger partial charge is 0.381 e. The van der Waals surface area contributed by atoms with Crippen LogP contribution in [0.15, 0.2) is 4.99 Å². The molecule has 1 saturated carbocycles. The minimum absolute atomic E-state index is 0.575. The molecule has 144 valence electrons. The first-order valence-electron chi connectivity index (χ1n) is 9.90. The first-order valence-corrected chi connectivity index (χ1v) is 9.90. The molecular weight excluding hydrogens is 330 g/mol. The van der Waals surface area contributed by atoms with Crippen molar-refractivity contribution in [3.63, 3.8) is 0 Å². The number of hydrogen-bond acceptors (Lipinski definition) is 5. The van der Waals surface area contributed by atoms with Gasteiger partial charge < -0.3 is 19.5 Å². The van der Waals surface area contributed by atoms with Crippen LogP contribution in [-0.4, -0.2) is 82.5 Å². The van der Waals surface area contributed by atoms with Gasteiger partial charge >= 0.3 is 0 Å². The highest BCUT2D eigenvalue weighted by Gasteiger charge is 2.28. The highest BCUT2D eigenvalue weighted by Crippen LogP contribution is 2.20. The van der Waals surface area contributed by atoms with E-state index in [0.29, 0.717) is 12.6 Å². The summed E-state index contributed by atoms with van der Waals surface area (Å²) in [6.07, 6.45) is 3.72. The predicted octanol–water partition coefficient (Wildman–Crippen LogP) is 0.386. The fraction of sp³-hybridized carbons (Fsp3) is 0.833. The normalized spacial score (nSPS) is 25.1. The SMILES string of the molecule is Cc1nnc(CN=C(NC2CC2)N2CCN(CC3CCOC3)CC2)n1C. The van der Waals surface area contributed by atoms with E-state index in [-0.39, 0.29) is 0 Å². The van der Waals surface area contributed by atoms with Crippen LogP contribution in [-0.2, 0) is 18.3 Å². The Bertz CT molecular complexity index is 625. The number of piperazine rings is 1. The van der Waals surface area contributed by atoms with Crippen LogP contribution >= 0.6 is 0 Å². The number of guanidine groups is 1. The topological polar surface area (TPSA) is 70.8 Å². The lowest BCUT2D eigenvalue weighted by atomic mass is 10.1. The van der Waals surface area contributed by atoms with Gasteiger partial charge in [-0.3, -0.25) is 4.90 Å². The Morgan fingerprint density at radius 3 is 2.62 bits per heavy atom. The lowest BCUT2D eigenvalue weighted by Crippen LogP contribution is -2.53. The van der Waals surface area contributed by atoms with Gasteiger partial charge in [0.2, 0.25) is 0 Å². The van der Waals surface area contributed by atoms with Crippen molar-refractivity contribution in [1.29, 1.82) is 0 Å². The van der Waals surface area contributed by atoms with Gasteiger partial charge in [-0.15, -0.1) is 10.2 Å². The van der Waals surface area contributed by atoms with E-state index in [1.807, 2.05) is 18.5 Å². The number of aryl methyl sites for hydroxylation is 1. The van der Waals surface area contributed by atoms with E-state index in [1.165, 1.54) is 25.8 Å². The molecule has 1 aromatic heterocycles. The summed E-state index contributed by atoms with van der Waals surface area (Å²) in [6.45, 7) is 9.87. The smallest absolute Gasteiger partial charge is 0.194 e. The Hall–Kier alpha value is -1.67. The van der Waals surface area contributed by atoms with Crippen molar-refractivity contribution in [3.8, 4) is 0 Å². The van der Waals surface area contributed by atoms with Crippen molar-refractivity contribution >= 4 is 5.96 Å². The molecule has 1 aliphatic carbocycles. The molecule has 8 nitrogen and oxygen atoms in total. The molecule has 0 aromatic carbocycles. The molecular formula is C18H31N7O. The van der Waals surface area contributed by atoms with Gasteiger partial charge in [0.1, 0.15) is 12.4 Å². The molecule has 0 spiro atoms. The third kappa shape index (κ3) is 4.35. The molecule has 1 unspecified atom stereocenters. The Morgan fingerprint density at radius 1 is 1.19 bits per heavy atom. The van der Waals surface area contributed by atoms with E-state index in [2.05, 4.69) is 25.3 Å². The van der Waals surface area contributed by atoms with Gasteiger partial charge in [0.25, 0.3) is 0 Å². The van der Waals surface area contributed by atoms with Crippen LogP contribution < -0.4 is 5.32 Å². The Morgan fingerprint density at radius 2 is 2.00 bits per heavy atom. The summed E-state index contributed by atoms with van der Waals surface area (Å²) in [5.41, 5.74) is 0. The van der Waals surface area contributed by atoms with Gasteiger partial charge in [-0.05, 0) is 32.1 Å². The standard InChI is InChI=1S/C18H31N7O/c1-14-21-22-17(23(14)2)11-19-18(20-16-3-4-16)25-8-6-24(7-9-25)12-15-5-10-26-13-15/h15-16H,3-13H2,1-2H3,(H,19,20). The molecule has 26 heavy (non-hydrogen) atoms. The molecule has 4 rings (SSSR count). The zero-order chi connectivity index (χ0) is 17.9. The molecule has 3 heterocycles. The molecule has 2 saturated heterocycles. The summed E-state index contributed by atoms with van der Waals surface area (Å²) in [6, 6.07) is 0.601. The van der Waals surface area contributed by atoms with Gasteiger partial charge in [0.15, 0.2) is 11.8 Å². The first-order chi connectivity index (χ1) is 12.7. The van der Waals surface area contributed by atoms with Crippen molar-refractivity contribution in [3.05, 3.63) is 11.6 Å². The Balaban J connectivity index is 1.34. The molecule has 2 aliphatic heterocycles. The van der Waals surface area contributed by atoms with Gasteiger partial charge in [-0.25, -0.2) is 4.99 Å². The van der Waals surface area contributed by atoms with Crippen molar-refractivity contribution in [2.75, 3.05) is 45.9 Å². The molecule has 1 N–H and O–H groups in total. The highest BCUT2D eigenvalue weighted by molar-refractivity contribution is 5.80. The minimum Gasteiger partial charge on any atom is -0.381 e. The van der Waals surface area contributed by atoms with Crippen LogP contribution in [0.2, 0.25) is 0 Å². The number of rotatable bonds is 5. The predicted molar refractivity (Wildman–Crippen MR) is 100.0 cm³/mol. The zero-order valence-electron chi connectivity index (χ0n) is 16.0. The lowest BCUT2D eigenvalue weighted by Gasteiger charge is -2.37. The third-order valence-electron chi connectivity index (χ3n) is 5.68. The monoisotopic (exact) mass is 361 g/mol. The van der Waals surface area contributed by atoms with E-state index >= 15 is 0 Å². The summed E-state index contributed by atoms with van der Waals surface area (Å²) in [7, 11) is 2.00. The molecule has 0 bridgehead atoms. The summed E-state index contributed by atoms with van der Waals surface area (Å²) in [5, 5.41) is 12.0. The van der Waals surface area contributed by atoms with Gasteiger partial charge in [-0.1, -0.05) is 0 Å². The summed E-state index contributed by atoms with van der Waals surface area (Å²) >= 11 is 0. The van der Waals surface area contributed by atoms with E-state index in [9.17, 15) is 0 Å². The number of aliphatic imine (C=N–C) groups is 1. The average Bonchev–Trinajstić information content (AvgIpc) is 3.22. The Kier molecular flexibility index (Phi) is 5.40. The van der Waals surface area contributed by atoms with Crippen LogP contribution in [0, 0.1) is 12.8 Å². The second kappa shape index (κ2) is 7.92. The third-order valence-corrected chi connectivity index (χ3v) is 5.68. The maximum absolute atomic E-state index is 5.51. The molecule has 3 aliphatic rings. The zero-order valence-corrected chi connectivity index (χ0v) is 16.0. The molecule has 0 amide bonds. The van der Waals surface area contributed by atoms with Crippen LogP contribution in [0.4, 0.5) is 0 Å². The molecule has 3 fully saturated rings. The van der Waals surface area contributed by atoms with Crippen molar-refractivity contribution in [2.24, 2.45) is 18.0 Å². The molecule has 1 aromatic rings. The summed E-state index contributed by atoms with van der Waals surface area (Å²) in [4.78, 5) is 9.86. The number of hydrogen-bond donors (Lipinski definition) is 1. The molecule has 0 radical (unpaired) electrons. The fourth-order valence-corrected chi connectivity index (χ4v) is 3.62. The number of ether oxygens (including phenoxy) is 1. The van der Waals surface area contributed by atoms with E-state index in [4.69, 9.17) is 9.73 Å². The average molecular weight is 361 g/mol. The Labute approximate surface area is 155 Å². The van der Waals surface area contributed by atoms with Crippen molar-refractivity contribution in [2.45, 2.75) is 38.8 Å². The van der Waals surface area contributed by atoms with Gasteiger partial charge in [-0.2, -0.15) is 0 Å². The summed E-state index contributed by atoms with van der Waals surface area (Å²) in [5.74, 6) is 3.60. The molecule has 1 atom stereocenters. The minimum atomic E-state index is 0.575. The van der Waals surface area contributed by atoms with E-state index in [0.717, 1.165) is 62.9 Å². The van der Waals surface area contributed by atoms with Gasteiger partial charge in [0.05, 0.1) is 6.61 Å². The maximum Gasteiger partial charge on any atom is 0.194 e. The second-order valence-corrected chi connectivity index (χ2v) is 7.80. The second-order valence-electron chi connectivity index (χ2n) is 7.80. The van der Waals surface area contributed by atoms with Crippen LogP contribution in [0.1, 0.15) is 30.9 Å². The molecule has 8 heteroatoms. The fourth-order valence-electron chi connectivity index (χ4n) is 3.62. The first kappa shape index (κ1) is 17.7. The quantitative estimate of drug-likeness (QED) is 0.604. The van der Waals surface area contributed by atoms with Gasteiger partial charge in [0, 0.05) is 52.4 Å². The van der Waals surface area contributed by atoms with Crippen molar-refractivity contribution < 1.29 is 4.74 Å². The van der Waals surface area contributed by atoms with E-state index < -0.39 is 0 Å². The van der Waals surface area contributed by atoms with Crippen LogP contribution in [0.5, 0.6) is 0 Å². The highest BCUT2D eigenvalue weighted by atomic mass is 16.5. The lowest BCUT2D eigenvalue weighted by molar-refractivity contribution is 0.139. The number of nitrogens with zero attached hydrogens (tertiary/aromatic N) is 6. The van der Waals surface area contributed by atoms with E-state index in [1.54, 1.807) is 0 Å². The van der Waals surface area contributed by atoms with Crippen molar-refractivity contribution in [1.82, 2.24) is 29.9 Å². The maximum atomic E-state index is 5.51. The number of nitrogens with one attached hydrogen (secondary N) is 1. The van der Waals surface area contributed by atoms with Crippen LogP contribution in [0.25, 0.3) is 0 Å². The number of aromatic nitrogens is 3. The summed E-state index contributed by atoms with van der Waals surface area (Å²) < 4.78 is 7.53. The van der Waals surface area contributed by atoms with Crippen LogP contribution in [0.3, 0.4) is 0 Å².